The highest BCUT2D eigenvalue weighted by atomic mass is 32.1. The van der Waals surface area contributed by atoms with Crippen molar-refractivity contribution >= 4 is 16.9 Å². The standard InChI is InChI=1S/C19H21NO3S/c1-21-16-11-14(12-17(22-2)18(16)23-3)10-13-4-6-15(7-5-13)19-20-8-9-24-19/h4,6-9,11-13H,5,10H2,1-3H3. The number of benzene rings is 1. The van der Waals surface area contributed by atoms with Crippen molar-refractivity contribution in [3.05, 3.63) is 52.5 Å². The average molecular weight is 343 g/mol. The zero-order chi connectivity index (χ0) is 16.9. The Balaban J connectivity index is 1.74. The Morgan fingerprint density at radius 2 is 1.88 bits per heavy atom. The van der Waals surface area contributed by atoms with Gasteiger partial charge < -0.3 is 14.2 Å². The van der Waals surface area contributed by atoms with E-state index < -0.39 is 0 Å². The van der Waals surface area contributed by atoms with E-state index in [4.69, 9.17) is 14.2 Å². The highest BCUT2D eigenvalue weighted by Crippen LogP contribution is 2.39. The molecular formula is C19H21NO3S. The Morgan fingerprint density at radius 3 is 2.38 bits per heavy atom. The van der Waals surface area contributed by atoms with E-state index in [1.54, 1.807) is 32.7 Å². The van der Waals surface area contributed by atoms with Crippen molar-refractivity contribution in [2.24, 2.45) is 5.92 Å². The maximum absolute atomic E-state index is 5.43. The maximum atomic E-state index is 5.43. The number of methoxy groups -OCH3 is 3. The third kappa shape index (κ3) is 3.46. The van der Waals surface area contributed by atoms with Crippen LogP contribution in [0.15, 0.2) is 41.9 Å². The van der Waals surface area contributed by atoms with Crippen LogP contribution in [0.1, 0.15) is 17.0 Å². The van der Waals surface area contributed by atoms with E-state index in [-0.39, 0.29) is 0 Å². The summed E-state index contributed by atoms with van der Waals surface area (Å²) in [6.07, 6.45) is 10.5. The van der Waals surface area contributed by atoms with Gasteiger partial charge in [0.1, 0.15) is 5.01 Å². The molecule has 1 heterocycles. The first-order valence-electron chi connectivity index (χ1n) is 7.82. The number of allylic oxidation sites excluding steroid dienone is 4. The number of rotatable bonds is 6. The highest BCUT2D eigenvalue weighted by Gasteiger charge is 2.16. The van der Waals surface area contributed by atoms with Gasteiger partial charge in [-0.3, -0.25) is 0 Å². The lowest BCUT2D eigenvalue weighted by Crippen LogP contribution is -2.05. The minimum absolute atomic E-state index is 0.455. The fourth-order valence-electron chi connectivity index (χ4n) is 2.90. The Labute approximate surface area is 146 Å². The average Bonchev–Trinajstić information content (AvgIpc) is 3.16. The first-order valence-corrected chi connectivity index (χ1v) is 8.70. The molecule has 4 nitrogen and oxygen atoms in total. The summed E-state index contributed by atoms with van der Waals surface area (Å²) < 4.78 is 16.2. The minimum Gasteiger partial charge on any atom is -0.493 e. The molecule has 0 spiro atoms. The van der Waals surface area contributed by atoms with Crippen LogP contribution in [0.3, 0.4) is 0 Å². The summed E-state index contributed by atoms with van der Waals surface area (Å²) in [5.41, 5.74) is 2.39. The molecule has 1 aromatic heterocycles. The summed E-state index contributed by atoms with van der Waals surface area (Å²) in [6, 6.07) is 4.05. The van der Waals surface area contributed by atoms with Gasteiger partial charge in [-0.1, -0.05) is 18.2 Å². The number of nitrogens with zero attached hydrogens (tertiary/aromatic N) is 1. The molecule has 1 aliphatic carbocycles. The Kier molecular flexibility index (Phi) is 5.20. The molecule has 0 radical (unpaired) electrons. The summed E-state index contributed by atoms with van der Waals surface area (Å²) in [7, 11) is 4.91. The lowest BCUT2D eigenvalue weighted by molar-refractivity contribution is 0.323. The van der Waals surface area contributed by atoms with E-state index in [0.717, 1.165) is 17.8 Å². The van der Waals surface area contributed by atoms with Crippen LogP contribution in [-0.4, -0.2) is 26.3 Å². The molecule has 0 saturated heterocycles. The minimum atomic E-state index is 0.455. The van der Waals surface area contributed by atoms with Crippen LogP contribution >= 0.6 is 11.3 Å². The van der Waals surface area contributed by atoms with Crippen LogP contribution in [0.25, 0.3) is 5.57 Å². The SMILES string of the molecule is COc1cc(CC2C=CC(c3nccs3)=CC2)cc(OC)c1OC. The van der Waals surface area contributed by atoms with Crippen molar-refractivity contribution < 1.29 is 14.2 Å². The van der Waals surface area contributed by atoms with Crippen LogP contribution in [0, 0.1) is 5.92 Å². The van der Waals surface area contributed by atoms with Gasteiger partial charge >= 0.3 is 0 Å². The molecule has 0 bridgehead atoms. The number of hydrogen-bond acceptors (Lipinski definition) is 5. The van der Waals surface area contributed by atoms with Gasteiger partial charge in [-0.05, 0) is 36.5 Å². The van der Waals surface area contributed by atoms with E-state index in [0.29, 0.717) is 23.2 Å². The van der Waals surface area contributed by atoms with Gasteiger partial charge in [-0.15, -0.1) is 11.3 Å². The van der Waals surface area contributed by atoms with Crippen LogP contribution in [0.5, 0.6) is 17.2 Å². The topological polar surface area (TPSA) is 40.6 Å². The molecule has 5 heteroatoms. The summed E-state index contributed by atoms with van der Waals surface area (Å²) in [4.78, 5) is 4.37. The molecule has 126 valence electrons. The van der Waals surface area contributed by atoms with Gasteiger partial charge in [0.2, 0.25) is 5.75 Å². The van der Waals surface area contributed by atoms with E-state index >= 15 is 0 Å². The zero-order valence-corrected chi connectivity index (χ0v) is 14.9. The molecule has 1 aromatic carbocycles. The maximum Gasteiger partial charge on any atom is 0.203 e. The summed E-state index contributed by atoms with van der Waals surface area (Å²) >= 11 is 1.67. The second-order valence-electron chi connectivity index (χ2n) is 5.59. The van der Waals surface area contributed by atoms with Gasteiger partial charge in [0.25, 0.3) is 0 Å². The molecule has 0 fully saturated rings. The van der Waals surface area contributed by atoms with Crippen molar-refractivity contribution in [1.29, 1.82) is 0 Å². The molecule has 0 aliphatic heterocycles. The molecule has 1 aliphatic rings. The Morgan fingerprint density at radius 1 is 1.12 bits per heavy atom. The van der Waals surface area contributed by atoms with Crippen LogP contribution < -0.4 is 14.2 Å². The normalized spacial score (nSPS) is 16.6. The van der Waals surface area contributed by atoms with Crippen LogP contribution in [0.4, 0.5) is 0 Å². The van der Waals surface area contributed by atoms with Gasteiger partial charge in [-0.2, -0.15) is 0 Å². The fourth-order valence-corrected chi connectivity index (χ4v) is 3.56. The number of ether oxygens (including phenoxy) is 3. The predicted octanol–water partition coefficient (Wildman–Crippen LogP) is 4.37. The molecule has 0 saturated carbocycles. The van der Waals surface area contributed by atoms with Gasteiger partial charge in [-0.25, -0.2) is 4.98 Å². The van der Waals surface area contributed by atoms with Crippen LogP contribution in [0.2, 0.25) is 0 Å². The van der Waals surface area contributed by atoms with Crippen molar-refractivity contribution in [3.8, 4) is 17.2 Å². The monoisotopic (exact) mass is 343 g/mol. The summed E-state index contributed by atoms with van der Waals surface area (Å²) in [6.45, 7) is 0. The fraction of sp³-hybridized carbons (Fsp3) is 0.316. The first-order chi connectivity index (χ1) is 11.7. The lowest BCUT2D eigenvalue weighted by atomic mass is 9.90. The second-order valence-corrected chi connectivity index (χ2v) is 6.48. The molecule has 3 rings (SSSR count). The third-order valence-corrected chi connectivity index (χ3v) is 4.91. The Bertz CT molecular complexity index is 725. The molecule has 1 atom stereocenters. The van der Waals surface area contributed by atoms with Crippen molar-refractivity contribution in [1.82, 2.24) is 4.98 Å². The second kappa shape index (κ2) is 7.53. The highest BCUT2D eigenvalue weighted by molar-refractivity contribution is 7.10. The van der Waals surface area contributed by atoms with Gasteiger partial charge in [0.05, 0.1) is 21.3 Å². The summed E-state index contributed by atoms with van der Waals surface area (Å²) in [5, 5.41) is 3.09. The molecule has 0 N–H and O–H groups in total. The largest absolute Gasteiger partial charge is 0.493 e. The van der Waals surface area contributed by atoms with E-state index in [1.165, 1.54) is 11.1 Å². The smallest absolute Gasteiger partial charge is 0.203 e. The third-order valence-electron chi connectivity index (χ3n) is 4.09. The van der Waals surface area contributed by atoms with E-state index in [9.17, 15) is 0 Å². The first kappa shape index (κ1) is 16.6. The molecular weight excluding hydrogens is 322 g/mol. The number of aromatic nitrogens is 1. The quantitative estimate of drug-likeness (QED) is 0.781. The van der Waals surface area contributed by atoms with Crippen LogP contribution in [-0.2, 0) is 6.42 Å². The lowest BCUT2D eigenvalue weighted by Gasteiger charge is -2.18. The Hall–Kier alpha value is -2.27. The predicted molar refractivity (Wildman–Crippen MR) is 97.1 cm³/mol. The van der Waals surface area contributed by atoms with Crippen molar-refractivity contribution in [3.63, 3.8) is 0 Å². The van der Waals surface area contributed by atoms with E-state index in [1.807, 2.05) is 23.7 Å². The van der Waals surface area contributed by atoms with Gasteiger partial charge in [0, 0.05) is 17.2 Å². The molecule has 0 amide bonds. The molecule has 24 heavy (non-hydrogen) atoms. The van der Waals surface area contributed by atoms with Crippen molar-refractivity contribution in [2.75, 3.05) is 21.3 Å². The van der Waals surface area contributed by atoms with Crippen molar-refractivity contribution in [2.45, 2.75) is 12.8 Å². The van der Waals surface area contributed by atoms with Gasteiger partial charge in [0.15, 0.2) is 11.5 Å². The van der Waals surface area contributed by atoms with E-state index in [2.05, 4.69) is 23.2 Å². The summed E-state index contributed by atoms with van der Waals surface area (Å²) in [5.74, 6) is 2.49. The molecule has 1 unspecified atom stereocenters. The molecule has 2 aromatic rings. The number of thiazole rings is 1. The number of hydrogen-bond donors (Lipinski definition) is 0. The zero-order valence-electron chi connectivity index (χ0n) is 14.1.